The van der Waals surface area contributed by atoms with Gasteiger partial charge in [-0.2, -0.15) is 0 Å². The maximum Gasteiger partial charge on any atom is 0.262 e. The number of sulfonamides is 1. The van der Waals surface area contributed by atoms with E-state index in [1.54, 1.807) is 0 Å². The van der Waals surface area contributed by atoms with Crippen LogP contribution in [0.3, 0.4) is 0 Å². The molecule has 0 saturated heterocycles. The van der Waals surface area contributed by atoms with Gasteiger partial charge in [-0.05, 0) is 30.3 Å². The van der Waals surface area contributed by atoms with Crippen molar-refractivity contribution in [3.8, 4) is 5.75 Å². The molecule has 0 saturated carbocycles. The predicted molar refractivity (Wildman–Crippen MR) is 75.3 cm³/mol. The zero-order chi connectivity index (χ0) is 14.9. The van der Waals surface area contributed by atoms with Gasteiger partial charge in [0.25, 0.3) is 10.0 Å². The molecule has 0 aliphatic heterocycles. The number of phenols is 1. The summed E-state index contributed by atoms with van der Waals surface area (Å²) < 4.78 is 39.2. The van der Waals surface area contributed by atoms with E-state index < -0.39 is 21.6 Å². The summed E-state index contributed by atoms with van der Waals surface area (Å²) in [6.45, 7) is 0. The lowest BCUT2D eigenvalue weighted by atomic mass is 10.3. The van der Waals surface area contributed by atoms with Crippen molar-refractivity contribution in [1.82, 2.24) is 0 Å². The summed E-state index contributed by atoms with van der Waals surface area (Å²) >= 11 is 11.5. The van der Waals surface area contributed by atoms with E-state index in [0.29, 0.717) is 0 Å². The third-order valence-electron chi connectivity index (χ3n) is 2.35. The van der Waals surface area contributed by atoms with E-state index in [4.69, 9.17) is 23.2 Å². The fraction of sp³-hybridized carbons (Fsp3) is 0. The molecule has 0 aliphatic rings. The first-order valence-corrected chi connectivity index (χ1v) is 7.49. The van der Waals surface area contributed by atoms with Crippen molar-refractivity contribution in [2.24, 2.45) is 0 Å². The Labute approximate surface area is 124 Å². The third kappa shape index (κ3) is 3.33. The third-order valence-corrected chi connectivity index (χ3v) is 4.13. The molecule has 2 N–H and O–H groups in total. The molecule has 2 rings (SSSR count). The van der Waals surface area contributed by atoms with E-state index in [1.807, 2.05) is 0 Å². The number of aromatic hydroxyl groups is 1. The average molecular weight is 336 g/mol. The lowest BCUT2D eigenvalue weighted by Gasteiger charge is -2.10. The van der Waals surface area contributed by atoms with Crippen molar-refractivity contribution in [1.29, 1.82) is 0 Å². The number of hydrogen-bond acceptors (Lipinski definition) is 3. The molecule has 8 heteroatoms. The molecule has 0 aromatic heterocycles. The average Bonchev–Trinajstić information content (AvgIpc) is 2.31. The van der Waals surface area contributed by atoms with E-state index in [9.17, 15) is 17.9 Å². The highest BCUT2D eigenvalue weighted by atomic mass is 35.5. The molecular weight excluding hydrogens is 328 g/mol. The van der Waals surface area contributed by atoms with Crippen LogP contribution in [0.4, 0.5) is 10.1 Å². The van der Waals surface area contributed by atoms with Crippen LogP contribution < -0.4 is 4.72 Å². The van der Waals surface area contributed by atoms with Gasteiger partial charge in [-0.25, -0.2) is 12.8 Å². The first kappa shape index (κ1) is 14.9. The van der Waals surface area contributed by atoms with Crippen LogP contribution in [0.15, 0.2) is 41.3 Å². The van der Waals surface area contributed by atoms with Gasteiger partial charge in [0.1, 0.15) is 11.6 Å². The second kappa shape index (κ2) is 5.47. The van der Waals surface area contributed by atoms with E-state index in [-0.39, 0.29) is 20.6 Å². The lowest BCUT2D eigenvalue weighted by molar-refractivity contribution is 0.471. The van der Waals surface area contributed by atoms with Crippen molar-refractivity contribution in [3.63, 3.8) is 0 Å². The van der Waals surface area contributed by atoms with Gasteiger partial charge in [0.05, 0.1) is 10.6 Å². The molecule has 0 heterocycles. The maximum absolute atomic E-state index is 12.8. The summed E-state index contributed by atoms with van der Waals surface area (Å²) in [6, 6.07) is 6.71. The summed E-state index contributed by atoms with van der Waals surface area (Å²) in [7, 11) is -4.00. The second-order valence-electron chi connectivity index (χ2n) is 3.87. The number of benzene rings is 2. The summed E-state index contributed by atoms with van der Waals surface area (Å²) in [5.41, 5.74) is -0.150. The fourth-order valence-electron chi connectivity index (χ4n) is 1.48. The summed E-state index contributed by atoms with van der Waals surface area (Å²) in [4.78, 5) is -0.168. The van der Waals surface area contributed by atoms with Crippen LogP contribution in [0, 0.1) is 5.82 Å². The van der Waals surface area contributed by atoms with Gasteiger partial charge in [-0.3, -0.25) is 4.72 Å². The van der Waals surface area contributed by atoms with Gasteiger partial charge in [0.15, 0.2) is 0 Å². The number of hydrogen-bond donors (Lipinski definition) is 2. The minimum absolute atomic E-state index is 0.150. The number of rotatable bonds is 3. The minimum atomic E-state index is -4.00. The summed E-state index contributed by atoms with van der Waals surface area (Å²) in [6.07, 6.45) is 0. The Hall–Kier alpha value is -1.50. The fourth-order valence-corrected chi connectivity index (χ4v) is 3.28. The zero-order valence-corrected chi connectivity index (χ0v) is 12.1. The molecule has 20 heavy (non-hydrogen) atoms. The summed E-state index contributed by atoms with van der Waals surface area (Å²) in [5, 5.41) is 9.80. The molecule has 0 bridgehead atoms. The topological polar surface area (TPSA) is 66.4 Å². The quantitative estimate of drug-likeness (QED) is 0.841. The number of phenolic OH excluding ortho intramolecular Hbond substituents is 1. The second-order valence-corrected chi connectivity index (χ2v) is 6.43. The predicted octanol–water partition coefficient (Wildman–Crippen LogP) is 3.64. The molecule has 0 aliphatic carbocycles. The minimum Gasteiger partial charge on any atom is -0.506 e. The molecule has 0 unspecified atom stereocenters. The maximum atomic E-state index is 12.8. The van der Waals surface area contributed by atoms with Gasteiger partial charge in [0, 0.05) is 16.1 Å². The SMILES string of the molecule is O=S(=O)(Nc1ccc(F)cc1O)c1cc(Cl)cc(Cl)c1. The van der Waals surface area contributed by atoms with Gasteiger partial charge in [0.2, 0.25) is 0 Å². The van der Waals surface area contributed by atoms with Crippen molar-refractivity contribution in [3.05, 3.63) is 52.3 Å². The molecule has 0 spiro atoms. The van der Waals surface area contributed by atoms with Gasteiger partial charge in [-0.1, -0.05) is 23.2 Å². The van der Waals surface area contributed by atoms with Crippen LogP contribution in [0.5, 0.6) is 5.75 Å². The molecule has 2 aromatic rings. The Kier molecular flexibility index (Phi) is 4.08. The Morgan fingerprint density at radius 3 is 2.20 bits per heavy atom. The standard InChI is InChI=1S/C12H8Cl2FNO3S/c13-7-3-8(14)5-10(4-7)20(18,19)16-11-2-1-9(15)6-12(11)17/h1-6,16-17H. The normalized spacial score (nSPS) is 11.3. The molecule has 106 valence electrons. The van der Waals surface area contributed by atoms with E-state index in [1.165, 1.54) is 18.2 Å². The number of nitrogens with one attached hydrogen (secondary N) is 1. The molecule has 0 fully saturated rings. The molecule has 0 atom stereocenters. The largest absolute Gasteiger partial charge is 0.506 e. The number of anilines is 1. The lowest BCUT2D eigenvalue weighted by Crippen LogP contribution is -2.13. The first-order valence-electron chi connectivity index (χ1n) is 5.25. The van der Waals surface area contributed by atoms with E-state index in [2.05, 4.69) is 4.72 Å². The van der Waals surface area contributed by atoms with Crippen molar-refractivity contribution >= 4 is 38.9 Å². The van der Waals surface area contributed by atoms with Crippen LogP contribution in [0.2, 0.25) is 10.0 Å². The van der Waals surface area contributed by atoms with Gasteiger partial charge < -0.3 is 5.11 Å². The molecule has 2 aromatic carbocycles. The Bertz CT molecular complexity index is 745. The Morgan fingerprint density at radius 1 is 1.05 bits per heavy atom. The van der Waals surface area contributed by atoms with E-state index >= 15 is 0 Å². The van der Waals surface area contributed by atoms with Crippen LogP contribution in [0.1, 0.15) is 0 Å². The zero-order valence-electron chi connectivity index (χ0n) is 9.77. The van der Waals surface area contributed by atoms with Crippen LogP contribution in [-0.2, 0) is 10.0 Å². The molecule has 0 radical (unpaired) electrons. The van der Waals surface area contributed by atoms with E-state index in [0.717, 1.165) is 18.2 Å². The Balaban J connectivity index is 2.40. The van der Waals surface area contributed by atoms with Gasteiger partial charge >= 0.3 is 0 Å². The van der Waals surface area contributed by atoms with Gasteiger partial charge in [-0.15, -0.1) is 0 Å². The van der Waals surface area contributed by atoms with Crippen molar-refractivity contribution < 1.29 is 17.9 Å². The first-order chi connectivity index (χ1) is 9.28. The highest BCUT2D eigenvalue weighted by molar-refractivity contribution is 7.92. The molecular formula is C12H8Cl2FNO3S. The number of halogens is 3. The van der Waals surface area contributed by atoms with Crippen molar-refractivity contribution in [2.75, 3.05) is 4.72 Å². The van der Waals surface area contributed by atoms with Crippen molar-refractivity contribution in [2.45, 2.75) is 4.90 Å². The Morgan fingerprint density at radius 2 is 1.65 bits per heavy atom. The van der Waals surface area contributed by atoms with Crippen LogP contribution >= 0.6 is 23.2 Å². The molecule has 4 nitrogen and oxygen atoms in total. The summed E-state index contributed by atoms with van der Waals surface area (Å²) in [5.74, 6) is -1.21. The smallest absolute Gasteiger partial charge is 0.262 e. The highest BCUT2D eigenvalue weighted by Gasteiger charge is 2.17. The monoisotopic (exact) mass is 335 g/mol. The molecule has 0 amide bonds. The highest BCUT2D eigenvalue weighted by Crippen LogP contribution is 2.28. The van der Waals surface area contributed by atoms with Crippen LogP contribution in [0.25, 0.3) is 0 Å². The van der Waals surface area contributed by atoms with Crippen LogP contribution in [-0.4, -0.2) is 13.5 Å².